The van der Waals surface area contributed by atoms with Crippen LogP contribution in [0.1, 0.15) is 38.8 Å². The number of fused-ring (bicyclic) bond motifs is 6. The summed E-state index contributed by atoms with van der Waals surface area (Å²) in [5, 5.41) is 12.9. The summed E-state index contributed by atoms with van der Waals surface area (Å²) >= 11 is 0. The van der Waals surface area contributed by atoms with Gasteiger partial charge in [-0.2, -0.15) is 0 Å². The van der Waals surface area contributed by atoms with E-state index in [1.54, 1.807) is 0 Å². The fraction of sp³-hybridized carbons (Fsp3) is 0.212. The van der Waals surface area contributed by atoms with Crippen molar-refractivity contribution in [2.75, 3.05) is 7.05 Å². The van der Waals surface area contributed by atoms with Crippen molar-refractivity contribution >= 4 is 55.0 Å². The molecule has 4 nitrogen and oxygen atoms in total. The molecule has 0 aliphatic carbocycles. The van der Waals surface area contributed by atoms with E-state index in [0.717, 1.165) is 24.4 Å². The Morgan fingerprint density at radius 3 is 1.51 bits per heavy atom. The first-order valence-corrected chi connectivity index (χ1v) is 13.0. The predicted molar refractivity (Wildman–Crippen MR) is 161 cm³/mol. The molecular formula is C33H34N4. The van der Waals surface area contributed by atoms with E-state index in [0.29, 0.717) is 5.71 Å². The molecule has 2 heterocycles. The summed E-state index contributed by atoms with van der Waals surface area (Å²) in [6, 6.07) is 30.0. The number of aryl methyl sites for hydroxylation is 2. The molecule has 0 atom stereocenters. The third-order valence-corrected chi connectivity index (χ3v) is 7.36. The number of hydrogen-bond acceptors (Lipinski definition) is 2. The maximum atomic E-state index is 7.76. The molecule has 0 fully saturated rings. The lowest BCUT2D eigenvalue weighted by molar-refractivity contribution is 0.827. The van der Waals surface area contributed by atoms with Crippen LogP contribution in [-0.4, -0.2) is 27.6 Å². The van der Waals surface area contributed by atoms with Crippen LogP contribution >= 0.6 is 0 Å². The van der Waals surface area contributed by atoms with Gasteiger partial charge >= 0.3 is 0 Å². The molecule has 4 aromatic carbocycles. The van der Waals surface area contributed by atoms with Gasteiger partial charge in [-0.25, -0.2) is 0 Å². The summed E-state index contributed by atoms with van der Waals surface area (Å²) in [5.74, 6) is 0. The minimum Gasteiger partial charge on any atom is -0.341 e. The average molecular weight is 487 g/mol. The van der Waals surface area contributed by atoms with Crippen molar-refractivity contribution in [3.63, 3.8) is 0 Å². The van der Waals surface area contributed by atoms with E-state index in [1.165, 1.54) is 49.2 Å². The fourth-order valence-corrected chi connectivity index (χ4v) is 5.38. The van der Waals surface area contributed by atoms with Crippen LogP contribution in [0.3, 0.4) is 0 Å². The minimum atomic E-state index is 0.616. The fourth-order valence-electron chi connectivity index (χ4n) is 5.38. The molecule has 0 saturated carbocycles. The monoisotopic (exact) mass is 486 g/mol. The normalized spacial score (nSPS) is 11.9. The Labute approximate surface area is 218 Å². The second-order valence-corrected chi connectivity index (χ2v) is 9.42. The Morgan fingerprint density at radius 2 is 1.05 bits per heavy atom. The van der Waals surface area contributed by atoms with Gasteiger partial charge in [-0.1, -0.05) is 48.5 Å². The van der Waals surface area contributed by atoms with E-state index >= 15 is 0 Å². The van der Waals surface area contributed by atoms with Crippen molar-refractivity contribution in [2.24, 2.45) is 4.99 Å². The molecule has 0 spiro atoms. The number of hydrogen-bond donors (Lipinski definition) is 1. The second kappa shape index (κ2) is 10.1. The summed E-state index contributed by atoms with van der Waals surface area (Å²) in [5.41, 5.74) is 9.04. The zero-order valence-electron chi connectivity index (χ0n) is 22.3. The zero-order valence-corrected chi connectivity index (χ0v) is 22.3. The molecule has 4 heteroatoms. The Morgan fingerprint density at radius 1 is 0.622 bits per heavy atom. The standard InChI is InChI=1S/C17H18N2.C16H16N2/c1-4-19-16-8-6-5-7-14(16)15-11-13(12(2)18-3)9-10-17(15)19;1-3-18-15-7-5-4-6-13(15)14-10-12(11(2)17)8-9-16(14)18/h5-11H,4H2,1-3H3;4-10,17H,3H2,1-2H3. The SMILES string of the molecule is CCn1c2ccccc2c2cc(C(C)=N)ccc21.CCn1c2ccccc2c2cc(C(C)=NC)ccc21. The number of para-hydroxylation sites is 2. The third kappa shape index (κ3) is 4.23. The van der Waals surface area contributed by atoms with E-state index in [2.05, 4.69) is 114 Å². The summed E-state index contributed by atoms with van der Waals surface area (Å²) < 4.78 is 4.70. The lowest BCUT2D eigenvalue weighted by Crippen LogP contribution is -1.95. The van der Waals surface area contributed by atoms with E-state index in [4.69, 9.17) is 5.41 Å². The Balaban J connectivity index is 0.000000152. The highest BCUT2D eigenvalue weighted by molar-refractivity contribution is 6.12. The molecular weight excluding hydrogens is 452 g/mol. The van der Waals surface area contributed by atoms with Crippen LogP contribution in [-0.2, 0) is 13.1 Å². The van der Waals surface area contributed by atoms with Crippen LogP contribution in [0.25, 0.3) is 43.6 Å². The molecule has 6 rings (SSSR count). The average Bonchev–Trinajstić information content (AvgIpc) is 3.44. The lowest BCUT2D eigenvalue weighted by Gasteiger charge is -2.04. The summed E-state index contributed by atoms with van der Waals surface area (Å²) in [6.07, 6.45) is 0. The first-order valence-electron chi connectivity index (χ1n) is 13.0. The summed E-state index contributed by atoms with van der Waals surface area (Å²) in [7, 11) is 1.84. The first kappa shape index (κ1) is 24.5. The third-order valence-electron chi connectivity index (χ3n) is 7.36. The van der Waals surface area contributed by atoms with Crippen molar-refractivity contribution in [3.05, 3.63) is 96.1 Å². The van der Waals surface area contributed by atoms with Crippen LogP contribution in [0.15, 0.2) is 89.9 Å². The Bertz CT molecular complexity index is 1800. The van der Waals surface area contributed by atoms with Crippen molar-refractivity contribution in [3.8, 4) is 0 Å². The highest BCUT2D eigenvalue weighted by atomic mass is 15.0. The molecule has 0 unspecified atom stereocenters. The van der Waals surface area contributed by atoms with Crippen molar-refractivity contribution in [1.82, 2.24) is 9.13 Å². The summed E-state index contributed by atoms with van der Waals surface area (Å²) in [6.45, 7) is 10.2. The van der Waals surface area contributed by atoms with Crippen LogP contribution in [0, 0.1) is 5.41 Å². The smallest absolute Gasteiger partial charge is 0.0491 e. The predicted octanol–water partition coefficient (Wildman–Crippen LogP) is 8.46. The quantitative estimate of drug-likeness (QED) is 0.243. The molecule has 0 aliphatic rings. The van der Waals surface area contributed by atoms with Crippen molar-refractivity contribution in [2.45, 2.75) is 40.8 Å². The number of rotatable bonds is 4. The van der Waals surface area contributed by atoms with Gasteiger partial charge in [0.25, 0.3) is 0 Å². The molecule has 186 valence electrons. The second-order valence-electron chi connectivity index (χ2n) is 9.42. The molecule has 1 N–H and O–H groups in total. The number of nitrogens with zero attached hydrogens (tertiary/aromatic N) is 3. The van der Waals surface area contributed by atoms with Crippen molar-refractivity contribution < 1.29 is 0 Å². The van der Waals surface area contributed by atoms with Gasteiger partial charge in [0.2, 0.25) is 0 Å². The van der Waals surface area contributed by atoms with Gasteiger partial charge in [-0.15, -0.1) is 0 Å². The van der Waals surface area contributed by atoms with Gasteiger partial charge in [0.1, 0.15) is 0 Å². The van der Waals surface area contributed by atoms with Crippen molar-refractivity contribution in [1.29, 1.82) is 5.41 Å². The van der Waals surface area contributed by atoms with Crippen LogP contribution in [0.4, 0.5) is 0 Å². The van der Waals surface area contributed by atoms with E-state index < -0.39 is 0 Å². The van der Waals surface area contributed by atoms with Gasteiger partial charge in [0.15, 0.2) is 0 Å². The van der Waals surface area contributed by atoms with Crippen LogP contribution in [0.5, 0.6) is 0 Å². The molecule has 37 heavy (non-hydrogen) atoms. The highest BCUT2D eigenvalue weighted by Gasteiger charge is 2.11. The first-order chi connectivity index (χ1) is 18.0. The molecule has 0 saturated heterocycles. The summed E-state index contributed by atoms with van der Waals surface area (Å²) in [4.78, 5) is 4.28. The van der Waals surface area contributed by atoms with E-state index in [-0.39, 0.29) is 0 Å². The molecule has 0 radical (unpaired) electrons. The van der Waals surface area contributed by atoms with Crippen LogP contribution < -0.4 is 0 Å². The van der Waals surface area contributed by atoms with Gasteiger partial charge in [0, 0.05) is 75.2 Å². The largest absolute Gasteiger partial charge is 0.341 e. The highest BCUT2D eigenvalue weighted by Crippen LogP contribution is 2.31. The zero-order chi connectivity index (χ0) is 26.1. The van der Waals surface area contributed by atoms with Gasteiger partial charge in [0.05, 0.1) is 0 Å². The minimum absolute atomic E-state index is 0.616. The van der Waals surface area contributed by atoms with Crippen LogP contribution in [0.2, 0.25) is 0 Å². The lowest BCUT2D eigenvalue weighted by atomic mass is 10.1. The van der Waals surface area contributed by atoms with Gasteiger partial charge in [-0.3, -0.25) is 4.99 Å². The maximum absolute atomic E-state index is 7.76. The number of nitrogens with one attached hydrogen (secondary N) is 1. The molecule has 0 bridgehead atoms. The number of benzene rings is 4. The van der Waals surface area contributed by atoms with E-state index in [1.807, 2.05) is 20.0 Å². The molecule has 0 aliphatic heterocycles. The molecule has 0 amide bonds. The topological polar surface area (TPSA) is 46.1 Å². The Kier molecular flexibility index (Phi) is 6.66. The molecule has 2 aromatic heterocycles. The van der Waals surface area contributed by atoms with Gasteiger partial charge in [-0.05, 0) is 75.2 Å². The Hall–Kier alpha value is -4.18. The number of aliphatic imine (C=N–C) groups is 1. The van der Waals surface area contributed by atoms with E-state index in [9.17, 15) is 0 Å². The van der Waals surface area contributed by atoms with Gasteiger partial charge < -0.3 is 14.5 Å². The maximum Gasteiger partial charge on any atom is 0.0491 e. The molecule has 6 aromatic rings. The number of aromatic nitrogens is 2.